The number of para-hydroxylation sites is 1. The maximum Gasteiger partial charge on any atom is 0.139 e. The normalized spacial score (nSPS) is 11.0. The third-order valence-corrected chi connectivity index (χ3v) is 3.68. The Hall–Kier alpha value is -2.42. The summed E-state index contributed by atoms with van der Waals surface area (Å²) in [6, 6.07) is 15.7. The lowest BCUT2D eigenvalue weighted by molar-refractivity contribution is 0.296. The van der Waals surface area contributed by atoms with Gasteiger partial charge in [-0.1, -0.05) is 24.3 Å². The molecule has 1 aromatic heterocycles. The molecule has 21 heavy (non-hydrogen) atoms. The molecule has 0 amide bonds. The average molecular weight is 281 g/mol. The van der Waals surface area contributed by atoms with Crippen LogP contribution in [-0.2, 0) is 13.2 Å². The number of hydrogen-bond donors (Lipinski definition) is 1. The van der Waals surface area contributed by atoms with Crippen LogP contribution in [0.3, 0.4) is 0 Å². The molecule has 0 saturated heterocycles. The number of nitrogens with zero attached hydrogens (tertiary/aromatic N) is 1. The van der Waals surface area contributed by atoms with Crippen LogP contribution < -0.4 is 4.74 Å². The summed E-state index contributed by atoms with van der Waals surface area (Å²) in [5, 5.41) is 11.1. The standard InChI is InChI=1S/C18H19NO2/c1-3-19-15(11-14-7-5-9-17(20)18(14)19)12-21-16-8-4-6-13(2)10-16/h4-11,20H,3,12H2,1-2H3. The summed E-state index contributed by atoms with van der Waals surface area (Å²) in [4.78, 5) is 0. The zero-order chi connectivity index (χ0) is 14.8. The number of aryl methyl sites for hydroxylation is 2. The minimum atomic E-state index is 0.316. The molecular weight excluding hydrogens is 262 g/mol. The number of ether oxygens (including phenoxy) is 1. The van der Waals surface area contributed by atoms with Gasteiger partial charge >= 0.3 is 0 Å². The number of rotatable bonds is 4. The van der Waals surface area contributed by atoms with E-state index < -0.39 is 0 Å². The summed E-state index contributed by atoms with van der Waals surface area (Å²) in [5.74, 6) is 1.18. The van der Waals surface area contributed by atoms with Crippen LogP contribution >= 0.6 is 0 Å². The van der Waals surface area contributed by atoms with Crippen LogP contribution in [0.5, 0.6) is 11.5 Å². The quantitative estimate of drug-likeness (QED) is 0.775. The van der Waals surface area contributed by atoms with Crippen molar-refractivity contribution in [3.63, 3.8) is 0 Å². The van der Waals surface area contributed by atoms with E-state index in [1.54, 1.807) is 6.07 Å². The molecule has 3 aromatic rings. The van der Waals surface area contributed by atoms with Crippen LogP contribution in [0.4, 0.5) is 0 Å². The first-order valence-corrected chi connectivity index (χ1v) is 7.18. The maximum absolute atomic E-state index is 10.1. The summed E-state index contributed by atoms with van der Waals surface area (Å²) in [6.45, 7) is 5.41. The molecule has 0 atom stereocenters. The van der Waals surface area contributed by atoms with Gasteiger partial charge in [0.1, 0.15) is 18.1 Å². The lowest BCUT2D eigenvalue weighted by atomic mass is 10.2. The highest BCUT2D eigenvalue weighted by atomic mass is 16.5. The molecule has 108 valence electrons. The molecule has 0 radical (unpaired) electrons. The summed E-state index contributed by atoms with van der Waals surface area (Å²) in [5.41, 5.74) is 3.12. The first-order chi connectivity index (χ1) is 10.2. The van der Waals surface area contributed by atoms with E-state index in [9.17, 15) is 5.11 Å². The van der Waals surface area contributed by atoms with E-state index >= 15 is 0 Å². The molecule has 0 unspecified atom stereocenters. The van der Waals surface area contributed by atoms with Gasteiger partial charge in [-0.15, -0.1) is 0 Å². The van der Waals surface area contributed by atoms with Gasteiger partial charge in [-0.3, -0.25) is 0 Å². The number of benzene rings is 2. The van der Waals surface area contributed by atoms with Gasteiger partial charge in [0.25, 0.3) is 0 Å². The van der Waals surface area contributed by atoms with Crippen molar-refractivity contribution in [3.8, 4) is 11.5 Å². The zero-order valence-corrected chi connectivity index (χ0v) is 12.3. The van der Waals surface area contributed by atoms with E-state index in [-0.39, 0.29) is 0 Å². The van der Waals surface area contributed by atoms with Gasteiger partial charge in [-0.25, -0.2) is 0 Å². The molecule has 0 aliphatic carbocycles. The van der Waals surface area contributed by atoms with Gasteiger partial charge in [-0.2, -0.15) is 0 Å². The molecule has 0 aliphatic heterocycles. The first kappa shape index (κ1) is 13.6. The SMILES string of the molecule is CCn1c(COc2cccc(C)c2)cc2cccc(O)c21. The second-order valence-electron chi connectivity index (χ2n) is 5.20. The van der Waals surface area contributed by atoms with Crippen molar-refractivity contribution in [2.75, 3.05) is 0 Å². The highest BCUT2D eigenvalue weighted by Gasteiger charge is 2.11. The van der Waals surface area contributed by atoms with Crippen LogP contribution in [0.15, 0.2) is 48.5 Å². The Morgan fingerprint density at radius 3 is 2.67 bits per heavy atom. The Morgan fingerprint density at radius 1 is 1.10 bits per heavy atom. The molecule has 0 aliphatic rings. The Labute approximate surface area is 124 Å². The second kappa shape index (κ2) is 5.52. The predicted octanol–water partition coefficient (Wildman–Crippen LogP) is 4.25. The minimum absolute atomic E-state index is 0.316. The topological polar surface area (TPSA) is 34.4 Å². The van der Waals surface area contributed by atoms with Crippen molar-refractivity contribution < 1.29 is 9.84 Å². The van der Waals surface area contributed by atoms with Gasteiger partial charge < -0.3 is 14.4 Å². The number of aromatic nitrogens is 1. The average Bonchev–Trinajstić information content (AvgIpc) is 2.84. The van der Waals surface area contributed by atoms with Crippen molar-refractivity contribution in [2.45, 2.75) is 27.0 Å². The fourth-order valence-corrected chi connectivity index (χ4v) is 2.70. The fourth-order valence-electron chi connectivity index (χ4n) is 2.70. The zero-order valence-electron chi connectivity index (χ0n) is 12.3. The molecule has 3 rings (SSSR count). The molecule has 2 aromatic carbocycles. The van der Waals surface area contributed by atoms with E-state index in [0.717, 1.165) is 28.9 Å². The minimum Gasteiger partial charge on any atom is -0.506 e. The van der Waals surface area contributed by atoms with E-state index in [4.69, 9.17) is 4.74 Å². The first-order valence-electron chi connectivity index (χ1n) is 7.18. The largest absolute Gasteiger partial charge is 0.506 e. The van der Waals surface area contributed by atoms with Crippen molar-refractivity contribution >= 4 is 10.9 Å². The molecule has 0 fully saturated rings. The number of phenolic OH excluding ortho intramolecular Hbond substituents is 1. The van der Waals surface area contributed by atoms with Crippen molar-refractivity contribution in [1.29, 1.82) is 0 Å². The Bertz CT molecular complexity index is 774. The summed E-state index contributed by atoms with van der Waals surface area (Å²) in [7, 11) is 0. The molecule has 3 heteroatoms. The number of phenols is 1. The van der Waals surface area contributed by atoms with Crippen molar-refractivity contribution in [1.82, 2.24) is 4.57 Å². The van der Waals surface area contributed by atoms with E-state index in [2.05, 4.69) is 17.6 Å². The van der Waals surface area contributed by atoms with Crippen LogP contribution in [0, 0.1) is 6.92 Å². The third kappa shape index (κ3) is 2.59. The van der Waals surface area contributed by atoms with Crippen molar-refractivity contribution in [2.24, 2.45) is 0 Å². The summed E-state index contributed by atoms with van der Waals surface area (Å²) >= 11 is 0. The third-order valence-electron chi connectivity index (χ3n) is 3.68. The second-order valence-corrected chi connectivity index (χ2v) is 5.20. The molecule has 1 heterocycles. The van der Waals surface area contributed by atoms with Gasteiger partial charge in [0.15, 0.2) is 0 Å². The van der Waals surface area contributed by atoms with E-state index in [1.165, 1.54) is 5.56 Å². The molecule has 0 spiro atoms. The van der Waals surface area contributed by atoms with E-state index in [0.29, 0.717) is 12.4 Å². The highest BCUT2D eigenvalue weighted by Crippen LogP contribution is 2.28. The molecule has 0 saturated carbocycles. The van der Waals surface area contributed by atoms with Gasteiger partial charge in [0.05, 0.1) is 11.2 Å². The van der Waals surface area contributed by atoms with Gasteiger partial charge in [-0.05, 0) is 43.7 Å². The van der Waals surface area contributed by atoms with Crippen LogP contribution in [-0.4, -0.2) is 9.67 Å². The molecule has 0 bridgehead atoms. The number of hydrogen-bond acceptors (Lipinski definition) is 2. The monoisotopic (exact) mass is 281 g/mol. The smallest absolute Gasteiger partial charge is 0.139 e. The lowest BCUT2D eigenvalue weighted by Gasteiger charge is -2.10. The van der Waals surface area contributed by atoms with Gasteiger partial charge in [0.2, 0.25) is 0 Å². The van der Waals surface area contributed by atoms with Crippen LogP contribution in [0.1, 0.15) is 18.2 Å². The molecule has 3 nitrogen and oxygen atoms in total. The summed E-state index contributed by atoms with van der Waals surface area (Å²) < 4.78 is 7.98. The molecular formula is C18H19NO2. The van der Waals surface area contributed by atoms with E-state index in [1.807, 2.05) is 43.3 Å². The fraction of sp³-hybridized carbons (Fsp3) is 0.222. The number of aromatic hydroxyl groups is 1. The maximum atomic E-state index is 10.1. The van der Waals surface area contributed by atoms with Gasteiger partial charge in [0, 0.05) is 11.9 Å². The summed E-state index contributed by atoms with van der Waals surface area (Å²) in [6.07, 6.45) is 0. The Morgan fingerprint density at radius 2 is 1.90 bits per heavy atom. The number of fused-ring (bicyclic) bond motifs is 1. The van der Waals surface area contributed by atoms with Crippen LogP contribution in [0.25, 0.3) is 10.9 Å². The Balaban J connectivity index is 1.92. The highest BCUT2D eigenvalue weighted by molar-refractivity contribution is 5.86. The predicted molar refractivity (Wildman–Crippen MR) is 84.8 cm³/mol. The lowest BCUT2D eigenvalue weighted by Crippen LogP contribution is -2.04. The van der Waals surface area contributed by atoms with Crippen LogP contribution in [0.2, 0.25) is 0 Å². The van der Waals surface area contributed by atoms with Crippen molar-refractivity contribution in [3.05, 3.63) is 59.8 Å². The Kier molecular flexibility index (Phi) is 3.57. The molecule has 1 N–H and O–H groups in total.